The number of nitrogens with zero attached hydrogens (tertiary/aromatic N) is 2. The molecule has 0 spiro atoms. The van der Waals surface area contributed by atoms with Gasteiger partial charge in [-0.1, -0.05) is 27.7 Å². The van der Waals surface area contributed by atoms with Crippen LogP contribution in [0.1, 0.15) is 51.6 Å². The lowest BCUT2D eigenvalue weighted by Gasteiger charge is -2.24. The third kappa shape index (κ3) is 5.46. The van der Waals surface area contributed by atoms with Crippen molar-refractivity contribution in [3.8, 4) is 0 Å². The molecule has 1 rings (SSSR count). The van der Waals surface area contributed by atoms with Crippen LogP contribution in [0.15, 0.2) is 0 Å². The van der Waals surface area contributed by atoms with Crippen molar-refractivity contribution < 1.29 is 0 Å². The van der Waals surface area contributed by atoms with Crippen LogP contribution in [0.4, 0.5) is 5.13 Å². The molecule has 1 atom stereocenters. The Bertz CT molecular complexity index is 424. The Hall–Kier alpha value is -0.260. The van der Waals surface area contributed by atoms with Crippen LogP contribution in [0.5, 0.6) is 0 Å². The van der Waals surface area contributed by atoms with E-state index in [0.717, 1.165) is 18.2 Å². The van der Waals surface area contributed by atoms with Crippen molar-refractivity contribution in [1.82, 2.24) is 10.3 Å². The molecule has 3 nitrogen and oxygen atoms in total. The summed E-state index contributed by atoms with van der Waals surface area (Å²) in [5.74, 6) is 1.20. The monoisotopic (exact) mass is 329 g/mol. The molecule has 5 heteroatoms. The summed E-state index contributed by atoms with van der Waals surface area (Å²) in [6.07, 6.45) is 3.37. The van der Waals surface area contributed by atoms with Crippen LogP contribution in [-0.2, 0) is 12.0 Å². The highest BCUT2D eigenvalue weighted by molar-refractivity contribution is 7.98. The van der Waals surface area contributed by atoms with E-state index in [2.05, 4.69) is 58.1 Å². The van der Waals surface area contributed by atoms with Gasteiger partial charge in [-0.25, -0.2) is 4.98 Å². The smallest absolute Gasteiger partial charge is 0.185 e. The summed E-state index contributed by atoms with van der Waals surface area (Å²) in [5, 5.41) is 4.60. The first-order chi connectivity index (χ1) is 9.81. The molecular formula is C16H31N3S2. The number of aromatic nitrogens is 1. The van der Waals surface area contributed by atoms with Crippen LogP contribution >= 0.6 is 23.1 Å². The molecule has 0 saturated carbocycles. The zero-order chi connectivity index (χ0) is 16.0. The van der Waals surface area contributed by atoms with Gasteiger partial charge < -0.3 is 10.2 Å². The van der Waals surface area contributed by atoms with E-state index in [-0.39, 0.29) is 5.41 Å². The van der Waals surface area contributed by atoms with Crippen molar-refractivity contribution in [3.05, 3.63) is 10.6 Å². The Labute approximate surface area is 138 Å². The van der Waals surface area contributed by atoms with Crippen LogP contribution in [0.2, 0.25) is 0 Å². The Morgan fingerprint density at radius 2 is 2.05 bits per heavy atom. The number of thioether (sulfide) groups is 1. The summed E-state index contributed by atoms with van der Waals surface area (Å²) in [5.41, 5.74) is 1.34. The van der Waals surface area contributed by atoms with E-state index < -0.39 is 0 Å². The van der Waals surface area contributed by atoms with Crippen molar-refractivity contribution in [2.75, 3.05) is 30.5 Å². The van der Waals surface area contributed by atoms with Crippen molar-refractivity contribution >= 4 is 28.2 Å². The third-order valence-corrected chi connectivity index (χ3v) is 5.42. The van der Waals surface area contributed by atoms with E-state index >= 15 is 0 Å². The zero-order valence-corrected chi connectivity index (χ0v) is 16.2. The van der Waals surface area contributed by atoms with E-state index in [4.69, 9.17) is 4.98 Å². The maximum atomic E-state index is 4.96. The number of hydrogen-bond donors (Lipinski definition) is 1. The summed E-state index contributed by atoms with van der Waals surface area (Å²) >= 11 is 3.75. The minimum Gasteiger partial charge on any atom is -0.348 e. The molecule has 0 fully saturated rings. The maximum Gasteiger partial charge on any atom is 0.185 e. The van der Waals surface area contributed by atoms with Gasteiger partial charge in [0.1, 0.15) is 0 Å². The molecular weight excluding hydrogens is 298 g/mol. The standard InChI is InChI=1S/C16H31N3S2/c1-8-17-11-13-14(16(3,4)5)18-15(21-13)19(6)12(2)9-10-20-7/h12,17H,8-11H2,1-7H3. The second kappa shape index (κ2) is 8.39. The molecule has 21 heavy (non-hydrogen) atoms. The van der Waals surface area contributed by atoms with E-state index in [0.29, 0.717) is 6.04 Å². The summed E-state index contributed by atoms with van der Waals surface area (Å²) in [6, 6.07) is 0.531. The molecule has 1 N–H and O–H groups in total. The summed E-state index contributed by atoms with van der Waals surface area (Å²) in [7, 11) is 2.17. The molecule has 1 aromatic rings. The fourth-order valence-electron chi connectivity index (χ4n) is 2.11. The number of hydrogen-bond acceptors (Lipinski definition) is 5. The third-order valence-electron chi connectivity index (χ3n) is 3.63. The predicted molar refractivity (Wildman–Crippen MR) is 99.1 cm³/mol. The lowest BCUT2D eigenvalue weighted by Crippen LogP contribution is -2.29. The van der Waals surface area contributed by atoms with Crippen LogP contribution in [0.3, 0.4) is 0 Å². The van der Waals surface area contributed by atoms with Gasteiger partial charge in [-0.3, -0.25) is 0 Å². The molecule has 0 aliphatic heterocycles. The first-order valence-corrected chi connectivity index (χ1v) is 9.95. The average molecular weight is 330 g/mol. The van der Waals surface area contributed by atoms with Gasteiger partial charge in [0.15, 0.2) is 5.13 Å². The van der Waals surface area contributed by atoms with Crippen LogP contribution in [0, 0.1) is 0 Å². The molecule has 1 aromatic heterocycles. The zero-order valence-electron chi connectivity index (χ0n) is 14.6. The van der Waals surface area contributed by atoms with Gasteiger partial charge in [0, 0.05) is 29.9 Å². The molecule has 1 heterocycles. The normalized spacial score (nSPS) is 13.5. The fraction of sp³-hybridized carbons (Fsp3) is 0.812. The highest BCUT2D eigenvalue weighted by Gasteiger charge is 2.25. The van der Waals surface area contributed by atoms with E-state index in [1.807, 2.05) is 23.1 Å². The maximum absolute atomic E-state index is 4.96. The van der Waals surface area contributed by atoms with Gasteiger partial charge in [-0.2, -0.15) is 11.8 Å². The molecule has 0 aromatic carbocycles. The Morgan fingerprint density at radius 1 is 1.38 bits per heavy atom. The van der Waals surface area contributed by atoms with E-state index in [9.17, 15) is 0 Å². The topological polar surface area (TPSA) is 28.2 Å². The lowest BCUT2D eigenvalue weighted by atomic mass is 9.91. The van der Waals surface area contributed by atoms with Gasteiger partial charge in [-0.15, -0.1) is 11.3 Å². The molecule has 0 aliphatic carbocycles. The van der Waals surface area contributed by atoms with Crippen LogP contribution in [0.25, 0.3) is 0 Å². The second-order valence-corrected chi connectivity index (χ2v) is 8.59. The van der Waals surface area contributed by atoms with Gasteiger partial charge in [0.2, 0.25) is 0 Å². The summed E-state index contributed by atoms with van der Waals surface area (Å²) in [4.78, 5) is 8.68. The predicted octanol–water partition coefficient (Wildman–Crippen LogP) is 4.13. The fourth-order valence-corrected chi connectivity index (χ4v) is 3.99. The van der Waals surface area contributed by atoms with E-state index in [1.54, 1.807) is 0 Å². The Kier molecular flexibility index (Phi) is 7.51. The SMILES string of the molecule is CCNCc1sc(N(C)C(C)CCSC)nc1C(C)(C)C. The molecule has 0 saturated heterocycles. The van der Waals surface area contributed by atoms with Gasteiger partial charge in [0.05, 0.1) is 5.69 Å². The largest absolute Gasteiger partial charge is 0.348 e. The average Bonchev–Trinajstić information content (AvgIpc) is 2.85. The summed E-state index contributed by atoms with van der Waals surface area (Å²) < 4.78 is 0. The van der Waals surface area contributed by atoms with Crippen LogP contribution < -0.4 is 10.2 Å². The van der Waals surface area contributed by atoms with E-state index in [1.165, 1.54) is 22.7 Å². The first kappa shape index (κ1) is 18.8. The molecule has 122 valence electrons. The molecule has 0 amide bonds. The Morgan fingerprint density at radius 3 is 2.57 bits per heavy atom. The van der Waals surface area contributed by atoms with Crippen molar-refractivity contribution in [1.29, 1.82) is 0 Å². The second-order valence-electron chi connectivity index (χ2n) is 6.54. The lowest BCUT2D eigenvalue weighted by molar-refractivity contribution is 0.559. The Balaban J connectivity index is 2.95. The van der Waals surface area contributed by atoms with Gasteiger partial charge in [0.25, 0.3) is 0 Å². The van der Waals surface area contributed by atoms with Crippen LogP contribution in [-0.4, -0.2) is 36.6 Å². The number of anilines is 1. The molecule has 0 bridgehead atoms. The quantitative estimate of drug-likeness (QED) is 0.776. The molecule has 1 unspecified atom stereocenters. The molecule has 0 aliphatic rings. The molecule has 0 radical (unpaired) electrons. The number of rotatable bonds is 8. The summed E-state index contributed by atoms with van der Waals surface area (Å²) in [6.45, 7) is 13.1. The van der Waals surface area contributed by atoms with Crippen molar-refractivity contribution in [3.63, 3.8) is 0 Å². The highest BCUT2D eigenvalue weighted by Crippen LogP contribution is 2.34. The first-order valence-electron chi connectivity index (χ1n) is 7.73. The number of thiazole rings is 1. The van der Waals surface area contributed by atoms with Gasteiger partial charge >= 0.3 is 0 Å². The van der Waals surface area contributed by atoms with Crippen molar-refractivity contribution in [2.24, 2.45) is 0 Å². The minimum absolute atomic E-state index is 0.100. The highest BCUT2D eigenvalue weighted by atomic mass is 32.2. The van der Waals surface area contributed by atoms with Crippen molar-refractivity contribution in [2.45, 2.75) is 59.0 Å². The number of nitrogens with one attached hydrogen (secondary N) is 1. The van der Waals surface area contributed by atoms with Gasteiger partial charge in [-0.05, 0) is 31.9 Å². The minimum atomic E-state index is 0.100.